The van der Waals surface area contributed by atoms with Crippen molar-refractivity contribution >= 4 is 20.0 Å². The third-order valence-corrected chi connectivity index (χ3v) is 6.65. The van der Waals surface area contributed by atoms with Crippen LogP contribution in [0.5, 0.6) is 23.0 Å². The Morgan fingerprint density at radius 3 is 2.07 bits per heavy atom. The Kier molecular flexibility index (Phi) is 6.97. The molecule has 0 unspecified atom stereocenters. The number of ether oxygens (including phenoxy) is 2. The van der Waals surface area contributed by atoms with Crippen molar-refractivity contribution in [3.05, 3.63) is 47.5 Å². The van der Waals surface area contributed by atoms with Crippen molar-refractivity contribution in [2.75, 3.05) is 20.0 Å². The summed E-state index contributed by atoms with van der Waals surface area (Å²) >= 11 is 0. The number of phenolic OH excluding ortho intramolecular Hbond substituents is 2. The van der Waals surface area contributed by atoms with E-state index in [0.29, 0.717) is 5.56 Å². The van der Waals surface area contributed by atoms with Crippen molar-refractivity contribution in [1.29, 1.82) is 0 Å². The van der Waals surface area contributed by atoms with Crippen LogP contribution in [0.1, 0.15) is 11.1 Å². The van der Waals surface area contributed by atoms with Crippen molar-refractivity contribution in [2.24, 2.45) is 0 Å². The quantitative estimate of drug-likeness (QED) is 0.539. The van der Waals surface area contributed by atoms with Gasteiger partial charge in [-0.2, -0.15) is 8.42 Å². The third-order valence-electron chi connectivity index (χ3n) is 3.65. The van der Waals surface area contributed by atoms with E-state index in [-0.39, 0.29) is 35.0 Å². The van der Waals surface area contributed by atoms with Gasteiger partial charge < -0.3 is 19.7 Å². The lowest BCUT2D eigenvalue weighted by molar-refractivity contribution is 0.373. The first-order valence-electron chi connectivity index (χ1n) is 8.07. The molecule has 0 aliphatic carbocycles. The molecule has 156 valence electrons. The first kappa shape index (κ1) is 22.4. The number of aromatic hydroxyl groups is 2. The van der Waals surface area contributed by atoms with E-state index in [1.807, 2.05) is 5.25 Å². The minimum Gasteiger partial charge on any atom is -0.504 e. The van der Waals surface area contributed by atoms with E-state index in [2.05, 4.69) is 5.92 Å². The number of rotatable bonds is 7. The van der Waals surface area contributed by atoms with Gasteiger partial charge in [0.1, 0.15) is 0 Å². The first-order valence-corrected chi connectivity index (χ1v) is 11.2. The van der Waals surface area contributed by atoms with E-state index >= 15 is 0 Å². The average Bonchev–Trinajstić information content (AvgIpc) is 2.64. The summed E-state index contributed by atoms with van der Waals surface area (Å²) in [6, 6.07) is 8.34. The molecule has 0 heterocycles. The molecule has 0 atom stereocenters. The van der Waals surface area contributed by atoms with Crippen LogP contribution in [0, 0.1) is 11.2 Å². The average molecular weight is 441 g/mol. The topological polar surface area (TPSA) is 139 Å². The molecule has 9 nitrogen and oxygen atoms in total. The number of methoxy groups -OCH3 is 2. The smallest absolute Gasteiger partial charge is 0.293 e. The Bertz CT molecular complexity index is 1160. The molecular formula is C18H19NO8S2. The summed E-state index contributed by atoms with van der Waals surface area (Å²) in [7, 11) is -5.95. The molecule has 0 fully saturated rings. The highest BCUT2D eigenvalue weighted by molar-refractivity contribution is 8.07. The van der Waals surface area contributed by atoms with E-state index in [1.54, 1.807) is 10.2 Å². The molecule has 2 aromatic rings. The van der Waals surface area contributed by atoms with Gasteiger partial charge in [0, 0.05) is 10.8 Å². The van der Waals surface area contributed by atoms with Crippen LogP contribution in [0.2, 0.25) is 0 Å². The fraction of sp³-hybridized carbons (Fsp3) is 0.222. The van der Waals surface area contributed by atoms with Crippen LogP contribution < -0.4 is 13.6 Å². The minimum atomic E-state index is -4.47. The van der Waals surface area contributed by atoms with Crippen molar-refractivity contribution < 1.29 is 36.5 Å². The lowest BCUT2D eigenvalue weighted by Gasteiger charge is -2.07. The fourth-order valence-electron chi connectivity index (χ4n) is 2.27. The Balaban J connectivity index is 2.07. The molecule has 0 aliphatic rings. The van der Waals surface area contributed by atoms with Gasteiger partial charge in [-0.3, -0.25) is 0 Å². The monoisotopic (exact) mass is 441 g/mol. The Morgan fingerprint density at radius 1 is 0.931 bits per heavy atom. The molecule has 3 N–H and O–H groups in total. The summed E-state index contributed by atoms with van der Waals surface area (Å²) in [4.78, 5) is 0. The predicted octanol–water partition coefficient (Wildman–Crippen LogP) is 0.916. The second kappa shape index (κ2) is 9.04. The predicted molar refractivity (Wildman–Crippen MR) is 106 cm³/mol. The second-order valence-electron chi connectivity index (χ2n) is 5.78. The molecule has 2 aromatic carbocycles. The van der Waals surface area contributed by atoms with Crippen LogP contribution in [-0.4, -0.2) is 47.0 Å². The van der Waals surface area contributed by atoms with Gasteiger partial charge in [0.25, 0.3) is 10.0 Å². The van der Waals surface area contributed by atoms with Crippen LogP contribution in [0.3, 0.4) is 0 Å². The number of nitrogens with one attached hydrogen (secondary N) is 1. The van der Waals surface area contributed by atoms with Gasteiger partial charge in [-0.1, -0.05) is 10.2 Å². The van der Waals surface area contributed by atoms with Crippen LogP contribution in [0.4, 0.5) is 0 Å². The van der Waals surface area contributed by atoms with Gasteiger partial charge in [-0.05, 0) is 48.2 Å². The maximum Gasteiger partial charge on any atom is 0.293 e. The Hall–Kier alpha value is -2.94. The Labute approximate surface area is 169 Å². The standard InChI is InChI=1S/C18H19NO8S2/c1-26-17-5-3-13(11-15(17)20)7-9-28(22,23)19-29(24,25)10-8-14-4-6-18(27-2)16(21)12-14/h3-6,11-12,19-21H,7,9H2,1-2H3. The number of aryl methyl sites for hydroxylation is 1. The molecule has 0 amide bonds. The molecule has 0 aromatic heterocycles. The van der Waals surface area contributed by atoms with Crippen LogP contribution >= 0.6 is 0 Å². The summed E-state index contributed by atoms with van der Waals surface area (Å²) in [6.07, 6.45) is -0.0395. The van der Waals surface area contributed by atoms with Gasteiger partial charge in [0.05, 0.1) is 20.0 Å². The number of hydrogen-bond acceptors (Lipinski definition) is 8. The van der Waals surface area contributed by atoms with Crippen LogP contribution in [-0.2, 0) is 26.5 Å². The van der Waals surface area contributed by atoms with Gasteiger partial charge in [0.15, 0.2) is 23.0 Å². The van der Waals surface area contributed by atoms with Crippen molar-refractivity contribution in [1.82, 2.24) is 4.13 Å². The van der Waals surface area contributed by atoms with Gasteiger partial charge in [-0.25, -0.2) is 8.42 Å². The van der Waals surface area contributed by atoms with E-state index < -0.39 is 25.8 Å². The molecule has 2 rings (SSSR count). The highest BCUT2D eigenvalue weighted by atomic mass is 32.3. The molecule has 11 heteroatoms. The summed E-state index contributed by atoms with van der Waals surface area (Å²) in [5, 5.41) is 21.2. The zero-order valence-corrected chi connectivity index (χ0v) is 17.2. The second-order valence-corrected chi connectivity index (χ2v) is 9.29. The normalized spacial score (nSPS) is 11.4. The summed E-state index contributed by atoms with van der Waals surface area (Å²) in [5.74, 6) is 1.75. The summed E-state index contributed by atoms with van der Waals surface area (Å²) in [5.41, 5.74) is 0.630. The number of phenols is 2. The SMILES string of the molecule is COc1ccc(C#CS(=O)(=O)NS(=O)(=O)CCc2ccc(OC)c(O)c2)cc1O. The molecule has 0 bridgehead atoms. The van der Waals surface area contributed by atoms with E-state index in [0.717, 1.165) is 0 Å². The largest absolute Gasteiger partial charge is 0.504 e. The molecule has 0 radical (unpaired) electrons. The van der Waals surface area contributed by atoms with E-state index in [4.69, 9.17) is 9.47 Å². The highest BCUT2D eigenvalue weighted by Crippen LogP contribution is 2.27. The Morgan fingerprint density at radius 2 is 1.52 bits per heavy atom. The fourth-order valence-corrected chi connectivity index (χ4v) is 4.86. The highest BCUT2D eigenvalue weighted by Gasteiger charge is 2.19. The third kappa shape index (κ3) is 6.56. The number of benzene rings is 2. The molecule has 0 aliphatic heterocycles. The van der Waals surface area contributed by atoms with Gasteiger partial charge >= 0.3 is 0 Å². The van der Waals surface area contributed by atoms with Gasteiger partial charge in [-0.15, -0.1) is 0 Å². The van der Waals surface area contributed by atoms with Crippen LogP contribution in [0.15, 0.2) is 36.4 Å². The van der Waals surface area contributed by atoms with E-state index in [1.165, 1.54) is 44.6 Å². The first-order chi connectivity index (χ1) is 13.5. The summed E-state index contributed by atoms with van der Waals surface area (Å²) < 4.78 is 59.4. The maximum atomic E-state index is 12.1. The van der Waals surface area contributed by atoms with Crippen LogP contribution in [0.25, 0.3) is 0 Å². The number of hydrogen-bond donors (Lipinski definition) is 3. The lowest BCUT2D eigenvalue weighted by Crippen LogP contribution is -2.32. The maximum absolute atomic E-state index is 12.1. The van der Waals surface area contributed by atoms with Crippen molar-refractivity contribution in [3.8, 4) is 34.2 Å². The molecule has 0 saturated heterocycles. The molecule has 0 spiro atoms. The lowest BCUT2D eigenvalue weighted by atomic mass is 10.1. The molecule has 29 heavy (non-hydrogen) atoms. The van der Waals surface area contributed by atoms with E-state index in [9.17, 15) is 27.0 Å². The zero-order valence-electron chi connectivity index (χ0n) is 15.5. The molecular weight excluding hydrogens is 422 g/mol. The summed E-state index contributed by atoms with van der Waals surface area (Å²) in [6.45, 7) is 0. The van der Waals surface area contributed by atoms with Crippen molar-refractivity contribution in [2.45, 2.75) is 6.42 Å². The zero-order chi connectivity index (χ0) is 21.7. The van der Waals surface area contributed by atoms with Gasteiger partial charge in [0.2, 0.25) is 10.0 Å². The molecule has 0 saturated carbocycles. The van der Waals surface area contributed by atoms with Crippen molar-refractivity contribution in [3.63, 3.8) is 0 Å². The number of sulfonamides is 2. The minimum absolute atomic E-state index is 0.0395.